The summed E-state index contributed by atoms with van der Waals surface area (Å²) >= 11 is 4.21. The van der Waals surface area contributed by atoms with Crippen molar-refractivity contribution in [2.45, 2.75) is 6.42 Å². The summed E-state index contributed by atoms with van der Waals surface area (Å²) in [4.78, 5) is 0. The van der Waals surface area contributed by atoms with Crippen LogP contribution in [0.4, 0.5) is 0 Å². The van der Waals surface area contributed by atoms with Gasteiger partial charge in [0.25, 0.3) is 0 Å². The highest BCUT2D eigenvalue weighted by Gasteiger charge is 2.07. The van der Waals surface area contributed by atoms with Crippen molar-refractivity contribution in [3.8, 4) is 11.8 Å². The standard InChI is InChI=1S/C8H5I2NO/c9-6-1-2-7(12)8(10)5(6)3-4-11/h1-2,12H,3H2. The summed E-state index contributed by atoms with van der Waals surface area (Å²) in [6, 6.07) is 5.53. The van der Waals surface area contributed by atoms with Crippen LogP contribution >= 0.6 is 45.2 Å². The van der Waals surface area contributed by atoms with Gasteiger partial charge in [-0.25, -0.2) is 0 Å². The van der Waals surface area contributed by atoms with Crippen LogP contribution in [0.15, 0.2) is 12.1 Å². The highest BCUT2D eigenvalue weighted by atomic mass is 127. The van der Waals surface area contributed by atoms with Gasteiger partial charge in [-0.15, -0.1) is 0 Å². The monoisotopic (exact) mass is 385 g/mol. The minimum absolute atomic E-state index is 0.251. The third kappa shape index (κ3) is 2.01. The van der Waals surface area contributed by atoms with Crippen LogP contribution in [0.3, 0.4) is 0 Å². The number of aromatic hydroxyl groups is 1. The van der Waals surface area contributed by atoms with E-state index in [4.69, 9.17) is 5.26 Å². The fourth-order valence-corrected chi connectivity index (χ4v) is 2.64. The van der Waals surface area contributed by atoms with Gasteiger partial charge in [0.05, 0.1) is 16.1 Å². The number of hydrogen-bond donors (Lipinski definition) is 1. The zero-order valence-electron chi connectivity index (χ0n) is 6.01. The Morgan fingerprint density at radius 1 is 1.42 bits per heavy atom. The molecule has 0 spiro atoms. The first-order valence-corrected chi connectivity index (χ1v) is 5.35. The van der Waals surface area contributed by atoms with Gasteiger partial charge < -0.3 is 5.11 Å². The maximum Gasteiger partial charge on any atom is 0.129 e. The molecule has 0 saturated heterocycles. The van der Waals surface area contributed by atoms with Gasteiger partial charge in [0, 0.05) is 3.57 Å². The summed E-state index contributed by atoms with van der Waals surface area (Å²) in [7, 11) is 0. The molecule has 2 nitrogen and oxygen atoms in total. The fourth-order valence-electron chi connectivity index (χ4n) is 0.826. The van der Waals surface area contributed by atoms with E-state index in [0.717, 1.165) is 12.7 Å². The van der Waals surface area contributed by atoms with Gasteiger partial charge in [-0.2, -0.15) is 5.26 Å². The molecule has 1 N–H and O–H groups in total. The quantitative estimate of drug-likeness (QED) is 0.756. The molecule has 0 heterocycles. The van der Waals surface area contributed by atoms with Gasteiger partial charge in [-0.05, 0) is 62.9 Å². The second kappa shape index (κ2) is 4.28. The second-order valence-electron chi connectivity index (χ2n) is 2.19. The molecule has 0 saturated carbocycles. The second-order valence-corrected chi connectivity index (χ2v) is 4.43. The van der Waals surface area contributed by atoms with Crippen LogP contribution in [0.5, 0.6) is 5.75 Å². The van der Waals surface area contributed by atoms with Gasteiger partial charge in [-0.3, -0.25) is 0 Å². The van der Waals surface area contributed by atoms with Gasteiger partial charge >= 0.3 is 0 Å². The lowest BCUT2D eigenvalue weighted by molar-refractivity contribution is 0.470. The van der Waals surface area contributed by atoms with Crippen LogP contribution in [-0.4, -0.2) is 5.11 Å². The summed E-state index contributed by atoms with van der Waals surface area (Å²) in [5, 5.41) is 17.9. The van der Waals surface area contributed by atoms with E-state index in [1.54, 1.807) is 6.07 Å². The van der Waals surface area contributed by atoms with Crippen molar-refractivity contribution in [1.82, 2.24) is 0 Å². The molecule has 0 aliphatic carbocycles. The normalized spacial score (nSPS) is 9.42. The van der Waals surface area contributed by atoms with E-state index in [0.29, 0.717) is 6.42 Å². The van der Waals surface area contributed by atoms with Gasteiger partial charge in [0.15, 0.2) is 0 Å². The summed E-state index contributed by atoms with van der Waals surface area (Å²) in [5.74, 6) is 0.251. The molecule has 1 aromatic rings. The first-order valence-electron chi connectivity index (χ1n) is 3.19. The Balaban J connectivity index is 3.25. The maximum absolute atomic E-state index is 9.33. The number of phenols is 1. The molecule has 1 rings (SSSR count). The average molecular weight is 385 g/mol. The molecule has 62 valence electrons. The summed E-state index contributed by atoms with van der Waals surface area (Å²) in [5.41, 5.74) is 0.915. The third-order valence-electron chi connectivity index (χ3n) is 1.42. The van der Waals surface area contributed by atoms with Crippen molar-refractivity contribution >= 4 is 45.2 Å². The number of benzene rings is 1. The smallest absolute Gasteiger partial charge is 0.129 e. The minimum atomic E-state index is 0.251. The Bertz CT molecular complexity index is 344. The first kappa shape index (κ1) is 10.1. The number of rotatable bonds is 1. The maximum atomic E-state index is 9.33. The van der Waals surface area contributed by atoms with E-state index >= 15 is 0 Å². The van der Waals surface area contributed by atoms with E-state index in [1.165, 1.54) is 0 Å². The lowest BCUT2D eigenvalue weighted by Gasteiger charge is -2.04. The van der Waals surface area contributed by atoms with Crippen LogP contribution in [-0.2, 0) is 6.42 Å². The van der Waals surface area contributed by atoms with Crippen LogP contribution in [0.1, 0.15) is 5.56 Å². The molecule has 0 amide bonds. The van der Waals surface area contributed by atoms with Crippen molar-refractivity contribution in [2.24, 2.45) is 0 Å². The minimum Gasteiger partial charge on any atom is -0.507 e. The van der Waals surface area contributed by atoms with Crippen molar-refractivity contribution in [1.29, 1.82) is 5.26 Å². The van der Waals surface area contributed by atoms with Crippen molar-refractivity contribution in [2.75, 3.05) is 0 Å². The number of halogens is 2. The van der Waals surface area contributed by atoms with Crippen molar-refractivity contribution < 1.29 is 5.11 Å². The Morgan fingerprint density at radius 2 is 2.08 bits per heavy atom. The molecule has 0 aliphatic rings. The molecule has 0 aliphatic heterocycles. The molecule has 0 radical (unpaired) electrons. The largest absolute Gasteiger partial charge is 0.507 e. The van der Waals surface area contributed by atoms with Gasteiger partial charge in [0.2, 0.25) is 0 Å². The summed E-state index contributed by atoms with van der Waals surface area (Å²) < 4.78 is 1.80. The predicted octanol–water partition coefficient (Wildman–Crippen LogP) is 2.67. The Kier molecular flexibility index (Phi) is 3.58. The van der Waals surface area contributed by atoms with E-state index in [2.05, 4.69) is 28.7 Å². The molecule has 0 atom stereocenters. The van der Waals surface area contributed by atoms with Gasteiger partial charge in [0.1, 0.15) is 5.75 Å². The van der Waals surface area contributed by atoms with Crippen LogP contribution in [0.25, 0.3) is 0 Å². The number of hydrogen-bond acceptors (Lipinski definition) is 2. The van der Waals surface area contributed by atoms with Gasteiger partial charge in [-0.1, -0.05) is 0 Å². The van der Waals surface area contributed by atoms with Crippen LogP contribution < -0.4 is 0 Å². The number of nitriles is 1. The average Bonchev–Trinajstić information content (AvgIpc) is 2.06. The third-order valence-corrected chi connectivity index (χ3v) is 3.64. The highest BCUT2D eigenvalue weighted by Crippen LogP contribution is 2.27. The zero-order chi connectivity index (χ0) is 9.14. The van der Waals surface area contributed by atoms with E-state index in [1.807, 2.05) is 28.7 Å². The Morgan fingerprint density at radius 3 is 2.67 bits per heavy atom. The summed E-state index contributed by atoms with van der Waals surface area (Å²) in [6.45, 7) is 0. The molecular weight excluding hydrogens is 380 g/mol. The van der Waals surface area contributed by atoms with E-state index in [9.17, 15) is 5.11 Å². The van der Waals surface area contributed by atoms with E-state index in [-0.39, 0.29) is 5.75 Å². The topological polar surface area (TPSA) is 44.0 Å². The highest BCUT2D eigenvalue weighted by molar-refractivity contribution is 14.1. The Hall–Kier alpha value is -0.0300. The zero-order valence-corrected chi connectivity index (χ0v) is 10.3. The Labute approximate surface area is 97.9 Å². The SMILES string of the molecule is N#CCc1c(I)ccc(O)c1I. The molecular formula is C8H5I2NO. The fraction of sp³-hybridized carbons (Fsp3) is 0.125. The van der Waals surface area contributed by atoms with Crippen LogP contribution in [0, 0.1) is 18.5 Å². The molecule has 0 unspecified atom stereocenters. The lowest BCUT2D eigenvalue weighted by atomic mass is 10.2. The molecule has 4 heteroatoms. The molecule has 1 aromatic carbocycles. The molecule has 12 heavy (non-hydrogen) atoms. The number of phenolic OH excluding ortho intramolecular Hbond substituents is 1. The predicted molar refractivity (Wildman–Crippen MR) is 62.9 cm³/mol. The number of nitrogens with zero attached hydrogens (tertiary/aromatic N) is 1. The summed E-state index contributed by atoms with van der Waals surface area (Å²) in [6.07, 6.45) is 0.352. The molecule has 0 bridgehead atoms. The molecule has 0 aromatic heterocycles. The van der Waals surface area contributed by atoms with Crippen molar-refractivity contribution in [3.05, 3.63) is 24.8 Å². The first-order chi connectivity index (χ1) is 5.66. The van der Waals surface area contributed by atoms with Crippen molar-refractivity contribution in [3.63, 3.8) is 0 Å². The lowest BCUT2D eigenvalue weighted by Crippen LogP contribution is -1.91. The van der Waals surface area contributed by atoms with Crippen LogP contribution in [0.2, 0.25) is 0 Å². The van der Waals surface area contributed by atoms with E-state index < -0.39 is 0 Å². The molecule has 0 fully saturated rings.